The molecule has 1 saturated carbocycles. The summed E-state index contributed by atoms with van der Waals surface area (Å²) in [6.07, 6.45) is 6.43. The molecule has 1 aliphatic carbocycles. The molecule has 0 aromatic heterocycles. The summed E-state index contributed by atoms with van der Waals surface area (Å²) >= 11 is 4.33. The maximum absolute atomic E-state index is 11.9. The topological polar surface area (TPSA) is 29.1 Å². The fraction of sp³-hybridized carbons (Fsp3) is 0.562. The van der Waals surface area contributed by atoms with Gasteiger partial charge in [0.1, 0.15) is 0 Å². The molecule has 3 heteroatoms. The van der Waals surface area contributed by atoms with Crippen molar-refractivity contribution in [3.8, 4) is 0 Å². The Kier molecular flexibility index (Phi) is 4.92. The molecule has 0 unspecified atom stereocenters. The molecule has 1 N–H and O–H groups in total. The van der Waals surface area contributed by atoms with Crippen LogP contribution in [0, 0.1) is 5.41 Å². The molecule has 1 amide bonds. The largest absolute Gasteiger partial charge is 0.326 e. The van der Waals surface area contributed by atoms with Crippen molar-refractivity contribution in [2.75, 3.05) is 11.1 Å². The van der Waals surface area contributed by atoms with Crippen LogP contribution in [-0.4, -0.2) is 11.7 Å². The highest BCUT2D eigenvalue weighted by Gasteiger charge is 2.42. The van der Waals surface area contributed by atoms with Crippen molar-refractivity contribution in [3.05, 3.63) is 29.8 Å². The van der Waals surface area contributed by atoms with Crippen molar-refractivity contribution in [3.63, 3.8) is 0 Å². The molecule has 1 fully saturated rings. The minimum Gasteiger partial charge on any atom is -0.326 e. The van der Waals surface area contributed by atoms with Crippen molar-refractivity contribution in [2.24, 2.45) is 5.41 Å². The lowest BCUT2D eigenvalue weighted by Crippen LogP contribution is -2.18. The van der Waals surface area contributed by atoms with E-state index in [9.17, 15) is 4.79 Å². The molecule has 1 aromatic carbocycles. The molecule has 0 atom stereocenters. The summed E-state index contributed by atoms with van der Waals surface area (Å²) in [6.45, 7) is 2.20. The Labute approximate surface area is 121 Å². The van der Waals surface area contributed by atoms with Crippen LogP contribution in [0.25, 0.3) is 0 Å². The first-order valence-corrected chi connectivity index (χ1v) is 7.80. The highest BCUT2D eigenvalue weighted by atomic mass is 32.1. The zero-order valence-corrected chi connectivity index (χ0v) is 12.5. The third kappa shape index (κ3) is 4.27. The van der Waals surface area contributed by atoms with Gasteiger partial charge in [0.15, 0.2) is 0 Å². The third-order valence-corrected chi connectivity index (χ3v) is 4.56. The number of unbranched alkanes of at least 4 members (excludes halogenated alkanes) is 1. The predicted octanol–water partition coefficient (Wildman–Crippen LogP) is 4.07. The number of anilines is 1. The molecule has 104 valence electrons. The average Bonchev–Trinajstić information content (AvgIpc) is 3.18. The lowest BCUT2D eigenvalue weighted by Gasteiger charge is -2.12. The molecule has 2 nitrogen and oxygen atoms in total. The monoisotopic (exact) mass is 277 g/mol. The van der Waals surface area contributed by atoms with Crippen LogP contribution in [0.2, 0.25) is 0 Å². The van der Waals surface area contributed by atoms with Crippen LogP contribution >= 0.6 is 12.6 Å². The van der Waals surface area contributed by atoms with Crippen LogP contribution in [0.3, 0.4) is 0 Å². The third-order valence-electron chi connectivity index (χ3n) is 3.88. The molecule has 1 aliphatic rings. The highest BCUT2D eigenvalue weighted by Crippen LogP contribution is 2.49. The van der Waals surface area contributed by atoms with Gasteiger partial charge in [0.05, 0.1) is 0 Å². The Morgan fingerprint density at radius 1 is 1.32 bits per heavy atom. The number of carbonyl (C=O) groups is 1. The van der Waals surface area contributed by atoms with E-state index in [-0.39, 0.29) is 11.3 Å². The van der Waals surface area contributed by atoms with Gasteiger partial charge in [0.25, 0.3) is 0 Å². The minimum absolute atomic E-state index is 0.118. The van der Waals surface area contributed by atoms with Gasteiger partial charge in [-0.15, -0.1) is 0 Å². The van der Waals surface area contributed by atoms with Crippen LogP contribution in [0.1, 0.15) is 44.6 Å². The van der Waals surface area contributed by atoms with Gasteiger partial charge in [-0.05, 0) is 54.5 Å². The maximum Gasteiger partial charge on any atom is 0.224 e. The van der Waals surface area contributed by atoms with Crippen molar-refractivity contribution in [2.45, 2.75) is 45.4 Å². The molecule has 0 radical (unpaired) electrons. The lowest BCUT2D eigenvalue weighted by atomic mass is 10.0. The van der Waals surface area contributed by atoms with E-state index in [2.05, 4.69) is 37.0 Å². The number of benzene rings is 1. The molecule has 0 heterocycles. The standard InChI is InChI=1S/C16H23NOS/c1-2-3-4-13-5-7-14(8-6-13)17-15(18)11-16(12-19)9-10-16/h5-8,19H,2-4,9-12H2,1H3,(H,17,18). The first-order chi connectivity index (χ1) is 9.17. The molecule has 19 heavy (non-hydrogen) atoms. The van der Waals surface area contributed by atoms with E-state index in [1.54, 1.807) is 0 Å². The van der Waals surface area contributed by atoms with E-state index in [1.165, 1.54) is 18.4 Å². The van der Waals surface area contributed by atoms with Gasteiger partial charge >= 0.3 is 0 Å². The molecule has 1 aromatic rings. The van der Waals surface area contributed by atoms with Crippen LogP contribution in [-0.2, 0) is 11.2 Å². The van der Waals surface area contributed by atoms with Gasteiger partial charge < -0.3 is 5.32 Å². The fourth-order valence-electron chi connectivity index (χ4n) is 2.25. The molecule has 2 rings (SSSR count). The first kappa shape index (κ1) is 14.4. The van der Waals surface area contributed by atoms with Gasteiger partial charge in [-0.25, -0.2) is 0 Å². The number of thiol groups is 1. The molecule has 0 bridgehead atoms. The summed E-state index contributed by atoms with van der Waals surface area (Å²) in [6, 6.07) is 8.22. The van der Waals surface area contributed by atoms with Crippen LogP contribution in [0.15, 0.2) is 24.3 Å². The lowest BCUT2D eigenvalue weighted by molar-refractivity contribution is -0.117. The van der Waals surface area contributed by atoms with Crippen molar-refractivity contribution in [1.82, 2.24) is 0 Å². The SMILES string of the molecule is CCCCc1ccc(NC(=O)CC2(CS)CC2)cc1. The summed E-state index contributed by atoms with van der Waals surface area (Å²) in [4.78, 5) is 11.9. The average molecular weight is 277 g/mol. The quantitative estimate of drug-likeness (QED) is 0.723. The molecule has 0 saturated heterocycles. The number of carbonyl (C=O) groups excluding carboxylic acids is 1. The van der Waals surface area contributed by atoms with Crippen LogP contribution in [0.4, 0.5) is 5.69 Å². The molecule has 0 aliphatic heterocycles. The van der Waals surface area contributed by atoms with Gasteiger partial charge in [-0.3, -0.25) is 4.79 Å². The Morgan fingerprint density at radius 2 is 2.00 bits per heavy atom. The summed E-state index contributed by atoms with van der Waals surface area (Å²) in [7, 11) is 0. The molecular weight excluding hydrogens is 254 g/mol. The van der Waals surface area contributed by atoms with E-state index in [0.717, 1.165) is 30.7 Å². The smallest absolute Gasteiger partial charge is 0.224 e. The van der Waals surface area contributed by atoms with E-state index in [0.29, 0.717) is 6.42 Å². The van der Waals surface area contributed by atoms with Crippen molar-refractivity contribution in [1.29, 1.82) is 0 Å². The zero-order valence-electron chi connectivity index (χ0n) is 11.6. The Balaban J connectivity index is 1.83. The number of rotatable bonds is 7. The normalized spacial score (nSPS) is 16.1. The summed E-state index contributed by atoms with van der Waals surface area (Å²) in [5.74, 6) is 0.934. The van der Waals surface area contributed by atoms with Crippen LogP contribution in [0.5, 0.6) is 0 Å². The Morgan fingerprint density at radius 3 is 2.53 bits per heavy atom. The number of amides is 1. The van der Waals surface area contributed by atoms with Crippen molar-refractivity contribution >= 4 is 24.2 Å². The molecule has 0 spiro atoms. The maximum atomic E-state index is 11.9. The Hall–Kier alpha value is -0.960. The second-order valence-corrected chi connectivity index (χ2v) is 6.00. The number of nitrogens with one attached hydrogen (secondary N) is 1. The number of hydrogen-bond acceptors (Lipinski definition) is 2. The van der Waals surface area contributed by atoms with Crippen molar-refractivity contribution < 1.29 is 4.79 Å². The van der Waals surface area contributed by atoms with E-state index >= 15 is 0 Å². The zero-order chi connectivity index (χ0) is 13.7. The van der Waals surface area contributed by atoms with E-state index in [4.69, 9.17) is 0 Å². The van der Waals surface area contributed by atoms with E-state index in [1.807, 2.05) is 12.1 Å². The highest BCUT2D eigenvalue weighted by molar-refractivity contribution is 7.80. The number of aryl methyl sites for hydroxylation is 1. The Bertz CT molecular complexity index is 423. The number of hydrogen-bond donors (Lipinski definition) is 2. The van der Waals surface area contributed by atoms with E-state index < -0.39 is 0 Å². The first-order valence-electron chi connectivity index (χ1n) is 7.17. The van der Waals surface area contributed by atoms with Gasteiger partial charge in [0, 0.05) is 12.1 Å². The van der Waals surface area contributed by atoms with Gasteiger partial charge in [0.2, 0.25) is 5.91 Å². The fourth-order valence-corrected chi connectivity index (χ4v) is 2.68. The molecular formula is C16H23NOS. The second kappa shape index (κ2) is 6.47. The summed E-state index contributed by atoms with van der Waals surface area (Å²) in [5.41, 5.74) is 2.43. The second-order valence-electron chi connectivity index (χ2n) is 5.68. The summed E-state index contributed by atoms with van der Waals surface area (Å²) in [5, 5.41) is 2.98. The predicted molar refractivity (Wildman–Crippen MR) is 83.8 cm³/mol. The summed E-state index contributed by atoms with van der Waals surface area (Å²) < 4.78 is 0. The minimum atomic E-state index is 0.118. The van der Waals surface area contributed by atoms with Gasteiger partial charge in [-0.1, -0.05) is 25.5 Å². The van der Waals surface area contributed by atoms with Crippen LogP contribution < -0.4 is 5.32 Å². The van der Waals surface area contributed by atoms with Gasteiger partial charge in [-0.2, -0.15) is 12.6 Å².